The van der Waals surface area contributed by atoms with Gasteiger partial charge in [-0.1, -0.05) is 29.8 Å². The van der Waals surface area contributed by atoms with Gasteiger partial charge in [-0.15, -0.1) is 11.8 Å². The molecule has 7 heteroatoms. The Kier molecular flexibility index (Phi) is 6.96. The van der Waals surface area contributed by atoms with Crippen molar-refractivity contribution in [3.05, 3.63) is 87.7 Å². The van der Waals surface area contributed by atoms with Gasteiger partial charge in [0.05, 0.1) is 27.9 Å². The third-order valence-corrected chi connectivity index (χ3v) is 6.80. The smallest absolute Gasteiger partial charge is 0.234 e. The summed E-state index contributed by atoms with van der Waals surface area (Å²) in [6.07, 6.45) is 0.451. The molecule has 3 aromatic rings. The van der Waals surface area contributed by atoms with Gasteiger partial charge in [-0.2, -0.15) is 0 Å². The molecular weight excluding hydrogens is 457 g/mol. The molecule has 168 valence electrons. The molecule has 0 unspecified atom stereocenters. The minimum absolute atomic E-state index is 0.146. The first-order valence-corrected chi connectivity index (χ1v) is 11.9. The van der Waals surface area contributed by atoms with Crippen LogP contribution >= 0.6 is 23.4 Å². The van der Waals surface area contributed by atoms with Crippen LogP contribution in [0.15, 0.2) is 64.6 Å². The zero-order chi connectivity index (χ0) is 23.5. The Morgan fingerprint density at radius 1 is 0.970 bits per heavy atom. The van der Waals surface area contributed by atoms with Gasteiger partial charge in [-0.05, 0) is 79.4 Å². The van der Waals surface area contributed by atoms with Crippen LogP contribution in [0, 0.1) is 26.6 Å². The number of anilines is 1. The third kappa shape index (κ3) is 5.70. The number of nitrogens with one attached hydrogen (secondary N) is 1. The van der Waals surface area contributed by atoms with E-state index in [2.05, 4.69) is 5.32 Å². The van der Waals surface area contributed by atoms with E-state index in [0.717, 1.165) is 44.4 Å². The van der Waals surface area contributed by atoms with Gasteiger partial charge < -0.3 is 5.32 Å². The summed E-state index contributed by atoms with van der Waals surface area (Å²) in [7, 11) is 0. The lowest BCUT2D eigenvalue weighted by Gasteiger charge is -2.09. The van der Waals surface area contributed by atoms with E-state index in [0.29, 0.717) is 17.1 Å². The number of thioether (sulfide) groups is 1. The number of hydrogen-bond donors (Lipinski definition) is 1. The second-order valence-electron chi connectivity index (χ2n) is 7.97. The van der Waals surface area contributed by atoms with Crippen LogP contribution in [-0.4, -0.2) is 22.4 Å². The van der Waals surface area contributed by atoms with Gasteiger partial charge in [-0.25, -0.2) is 9.38 Å². The molecule has 0 aliphatic carbocycles. The van der Waals surface area contributed by atoms with E-state index in [-0.39, 0.29) is 17.5 Å². The van der Waals surface area contributed by atoms with E-state index in [4.69, 9.17) is 21.6 Å². The maximum Gasteiger partial charge on any atom is 0.234 e. The summed E-state index contributed by atoms with van der Waals surface area (Å²) < 4.78 is 13.5. The Morgan fingerprint density at radius 2 is 1.64 bits per heavy atom. The van der Waals surface area contributed by atoms with Crippen molar-refractivity contribution in [1.29, 1.82) is 0 Å². The number of carbonyl (C=O) groups is 1. The number of nitrogens with zero attached hydrogens (tertiary/aromatic N) is 2. The van der Waals surface area contributed by atoms with Gasteiger partial charge in [0.1, 0.15) is 5.82 Å². The third-order valence-electron chi connectivity index (χ3n) is 5.41. The summed E-state index contributed by atoms with van der Waals surface area (Å²) in [6, 6.07) is 15.7. The van der Waals surface area contributed by atoms with Crippen molar-refractivity contribution in [2.24, 2.45) is 9.98 Å². The number of rotatable bonds is 4. The molecule has 1 aliphatic heterocycles. The van der Waals surface area contributed by atoms with E-state index in [1.54, 1.807) is 18.2 Å². The molecule has 4 nitrogen and oxygen atoms in total. The molecule has 33 heavy (non-hydrogen) atoms. The van der Waals surface area contributed by atoms with Crippen molar-refractivity contribution < 1.29 is 9.18 Å². The second kappa shape index (κ2) is 9.89. The molecule has 3 aromatic carbocycles. The summed E-state index contributed by atoms with van der Waals surface area (Å²) in [5, 5.41) is 4.26. The number of carbonyl (C=O) groups excluding carboxylic acids is 1. The molecule has 0 atom stereocenters. The van der Waals surface area contributed by atoms with Crippen molar-refractivity contribution in [3.63, 3.8) is 0 Å². The SMILES string of the molecule is Cc1cc2c(cc1C)N=C(c1ccc(F)cc1)CC(SCC(=O)Nc1ccc(C)c(Cl)c1)=N2. The van der Waals surface area contributed by atoms with Gasteiger partial charge in [0.2, 0.25) is 5.91 Å². The molecule has 0 saturated heterocycles. The fourth-order valence-electron chi connectivity index (χ4n) is 3.38. The predicted octanol–water partition coefficient (Wildman–Crippen LogP) is 7.33. The quantitative estimate of drug-likeness (QED) is 0.425. The van der Waals surface area contributed by atoms with Crippen LogP contribution in [-0.2, 0) is 4.79 Å². The van der Waals surface area contributed by atoms with Crippen molar-refractivity contribution in [1.82, 2.24) is 0 Å². The first-order valence-electron chi connectivity index (χ1n) is 10.5. The molecule has 4 rings (SSSR count). The molecule has 1 amide bonds. The lowest BCUT2D eigenvalue weighted by molar-refractivity contribution is -0.113. The Bertz CT molecular complexity index is 1290. The fourth-order valence-corrected chi connectivity index (χ4v) is 4.33. The monoisotopic (exact) mass is 479 g/mol. The number of fused-ring (bicyclic) bond motifs is 1. The highest BCUT2D eigenvalue weighted by Crippen LogP contribution is 2.36. The summed E-state index contributed by atoms with van der Waals surface area (Å²) in [6.45, 7) is 5.98. The normalized spacial score (nSPS) is 13.0. The van der Waals surface area contributed by atoms with E-state index >= 15 is 0 Å². The largest absolute Gasteiger partial charge is 0.325 e. The van der Waals surface area contributed by atoms with Crippen LogP contribution in [0.4, 0.5) is 21.5 Å². The van der Waals surface area contributed by atoms with Crippen LogP contribution in [0.3, 0.4) is 0 Å². The van der Waals surface area contributed by atoms with E-state index in [9.17, 15) is 9.18 Å². The van der Waals surface area contributed by atoms with Crippen molar-refractivity contribution in [2.45, 2.75) is 27.2 Å². The van der Waals surface area contributed by atoms with E-state index < -0.39 is 0 Å². The van der Waals surface area contributed by atoms with Crippen LogP contribution < -0.4 is 5.32 Å². The minimum atomic E-state index is -0.295. The molecular formula is C26H23ClFN3OS. The standard InChI is InChI=1S/C26H23ClFN3OS/c1-15-4-9-20(12-21(15)27)29-25(32)14-33-26-13-22(18-5-7-19(28)8-6-18)30-23-10-16(2)17(3)11-24(23)31-26/h4-12H,13-14H2,1-3H3,(H,29,32). The highest BCUT2D eigenvalue weighted by molar-refractivity contribution is 8.14. The number of amides is 1. The molecule has 0 saturated carbocycles. The Hall–Kier alpha value is -2.96. The molecule has 1 aliphatic rings. The molecule has 0 spiro atoms. The van der Waals surface area contributed by atoms with Crippen molar-refractivity contribution >= 4 is 57.1 Å². The molecule has 0 aromatic heterocycles. The van der Waals surface area contributed by atoms with Crippen LogP contribution in [0.1, 0.15) is 28.7 Å². The topological polar surface area (TPSA) is 53.8 Å². The maximum absolute atomic E-state index is 13.5. The second-order valence-corrected chi connectivity index (χ2v) is 9.43. The van der Waals surface area contributed by atoms with E-state index in [1.807, 2.05) is 45.0 Å². The Morgan fingerprint density at radius 3 is 2.30 bits per heavy atom. The number of halogens is 2. The number of aryl methyl sites for hydroxylation is 3. The molecule has 0 bridgehead atoms. The summed E-state index contributed by atoms with van der Waals surface area (Å²) in [4.78, 5) is 22.3. The first-order chi connectivity index (χ1) is 15.8. The average Bonchev–Trinajstić information content (AvgIpc) is 2.95. The lowest BCUT2D eigenvalue weighted by Crippen LogP contribution is -2.16. The molecule has 1 heterocycles. The van der Waals surface area contributed by atoms with Gasteiger partial charge in [0, 0.05) is 17.1 Å². The predicted molar refractivity (Wildman–Crippen MR) is 138 cm³/mol. The van der Waals surface area contributed by atoms with Crippen LogP contribution in [0.25, 0.3) is 0 Å². The highest BCUT2D eigenvalue weighted by atomic mass is 35.5. The van der Waals surface area contributed by atoms with Gasteiger partial charge in [0.15, 0.2) is 0 Å². The maximum atomic E-state index is 13.5. The summed E-state index contributed by atoms with van der Waals surface area (Å²) in [5.41, 5.74) is 7.01. The van der Waals surface area contributed by atoms with Gasteiger partial charge >= 0.3 is 0 Å². The highest BCUT2D eigenvalue weighted by Gasteiger charge is 2.18. The van der Waals surface area contributed by atoms with Gasteiger partial charge in [-0.3, -0.25) is 9.79 Å². The minimum Gasteiger partial charge on any atom is -0.325 e. The van der Waals surface area contributed by atoms with Crippen LogP contribution in [0.5, 0.6) is 0 Å². The Balaban J connectivity index is 1.57. The number of benzene rings is 3. The van der Waals surface area contributed by atoms with E-state index in [1.165, 1.54) is 23.9 Å². The summed E-state index contributed by atoms with van der Waals surface area (Å²) in [5.74, 6) is -0.246. The van der Waals surface area contributed by atoms with Crippen LogP contribution in [0.2, 0.25) is 5.02 Å². The first kappa shape index (κ1) is 23.2. The van der Waals surface area contributed by atoms with Gasteiger partial charge in [0.25, 0.3) is 0 Å². The number of hydrogen-bond acceptors (Lipinski definition) is 4. The fraction of sp³-hybridized carbons (Fsp3) is 0.192. The number of aliphatic imine (C=N–C) groups is 2. The Labute approximate surface area is 202 Å². The summed E-state index contributed by atoms with van der Waals surface area (Å²) >= 11 is 7.53. The lowest BCUT2D eigenvalue weighted by atomic mass is 10.1. The molecule has 0 radical (unpaired) electrons. The van der Waals surface area contributed by atoms with Crippen molar-refractivity contribution in [2.75, 3.05) is 11.1 Å². The molecule has 0 fully saturated rings. The zero-order valence-corrected chi connectivity index (χ0v) is 20.1. The average molecular weight is 480 g/mol. The van der Waals surface area contributed by atoms with Crippen molar-refractivity contribution in [3.8, 4) is 0 Å². The molecule has 1 N–H and O–H groups in total. The zero-order valence-electron chi connectivity index (χ0n) is 18.6.